The zero-order chi connectivity index (χ0) is 14.0. The maximum atomic E-state index is 13.6. The number of halogens is 1. The topological polar surface area (TPSA) is 26.3 Å². The predicted molar refractivity (Wildman–Crippen MR) is 73.2 cm³/mol. The van der Waals surface area contributed by atoms with E-state index < -0.39 is 12.1 Å². The minimum Gasteiger partial charge on any atom is -0.463 e. The summed E-state index contributed by atoms with van der Waals surface area (Å²) in [5.41, 5.74) is 0.367. The number of unbranched alkanes of at least 4 members (excludes halogenated alkanes) is 2. The molecule has 3 heteroatoms. The lowest BCUT2D eigenvalue weighted by atomic mass is 10.0. The lowest BCUT2D eigenvalue weighted by Crippen LogP contribution is -2.07. The Kier molecular flexibility index (Phi) is 9.62. The number of ether oxygens (including phenoxy) is 1. The largest absolute Gasteiger partial charge is 0.463 e. The standard InChI is InChI=1S/C15H27FO2/c1-5-18-15(17)13(4)11-14(16)10-8-6-7-9-12(2)3/h11-12,14H,5-10H2,1-4H3/b13-11+. The van der Waals surface area contributed by atoms with Gasteiger partial charge in [0.15, 0.2) is 0 Å². The quantitative estimate of drug-likeness (QED) is 0.347. The second kappa shape index (κ2) is 10.1. The number of carbonyl (C=O) groups is 1. The smallest absolute Gasteiger partial charge is 0.333 e. The van der Waals surface area contributed by atoms with Gasteiger partial charge in [0.2, 0.25) is 0 Å². The van der Waals surface area contributed by atoms with Gasteiger partial charge in [-0.15, -0.1) is 0 Å². The van der Waals surface area contributed by atoms with E-state index in [4.69, 9.17) is 4.74 Å². The summed E-state index contributed by atoms with van der Waals surface area (Å²) >= 11 is 0. The van der Waals surface area contributed by atoms with Crippen molar-refractivity contribution in [2.24, 2.45) is 5.92 Å². The van der Waals surface area contributed by atoms with Crippen molar-refractivity contribution in [2.75, 3.05) is 6.61 Å². The monoisotopic (exact) mass is 258 g/mol. The van der Waals surface area contributed by atoms with Crippen molar-refractivity contribution in [1.29, 1.82) is 0 Å². The molecule has 0 saturated carbocycles. The van der Waals surface area contributed by atoms with Crippen molar-refractivity contribution in [3.63, 3.8) is 0 Å². The van der Waals surface area contributed by atoms with E-state index in [9.17, 15) is 9.18 Å². The summed E-state index contributed by atoms with van der Waals surface area (Å²) in [6.45, 7) is 8.07. The zero-order valence-electron chi connectivity index (χ0n) is 12.2. The number of rotatable bonds is 9. The van der Waals surface area contributed by atoms with E-state index in [0.717, 1.165) is 25.2 Å². The van der Waals surface area contributed by atoms with E-state index in [1.807, 2.05) is 0 Å². The molecule has 0 aromatic carbocycles. The second-order valence-electron chi connectivity index (χ2n) is 5.12. The third kappa shape index (κ3) is 9.20. The van der Waals surface area contributed by atoms with Crippen molar-refractivity contribution < 1.29 is 13.9 Å². The minimum absolute atomic E-state index is 0.330. The maximum Gasteiger partial charge on any atom is 0.333 e. The predicted octanol–water partition coefficient (Wildman–Crippen LogP) is 4.44. The summed E-state index contributed by atoms with van der Waals surface area (Å²) in [6.07, 6.45) is 5.13. The van der Waals surface area contributed by atoms with Crippen LogP contribution in [0, 0.1) is 5.92 Å². The molecule has 0 heterocycles. The molecule has 18 heavy (non-hydrogen) atoms. The van der Waals surface area contributed by atoms with E-state index in [-0.39, 0.29) is 0 Å². The van der Waals surface area contributed by atoms with Crippen LogP contribution in [0.4, 0.5) is 4.39 Å². The Labute approximate surface area is 111 Å². The van der Waals surface area contributed by atoms with Gasteiger partial charge >= 0.3 is 5.97 Å². The molecule has 0 aliphatic carbocycles. The van der Waals surface area contributed by atoms with Crippen LogP contribution in [0.3, 0.4) is 0 Å². The molecule has 0 radical (unpaired) electrons. The molecule has 106 valence electrons. The van der Waals surface area contributed by atoms with Crippen LogP contribution < -0.4 is 0 Å². The summed E-state index contributed by atoms with van der Waals surface area (Å²) in [5.74, 6) is 0.303. The van der Waals surface area contributed by atoms with E-state index in [1.54, 1.807) is 13.8 Å². The normalized spacial score (nSPS) is 13.8. The van der Waals surface area contributed by atoms with Gasteiger partial charge in [0.05, 0.1) is 6.61 Å². The highest BCUT2D eigenvalue weighted by molar-refractivity contribution is 5.87. The van der Waals surface area contributed by atoms with Crippen LogP contribution in [-0.4, -0.2) is 18.7 Å². The van der Waals surface area contributed by atoms with Gasteiger partial charge in [0, 0.05) is 5.57 Å². The van der Waals surface area contributed by atoms with Crippen molar-refractivity contribution in [3.8, 4) is 0 Å². The van der Waals surface area contributed by atoms with Gasteiger partial charge in [0.25, 0.3) is 0 Å². The average Bonchev–Trinajstić information content (AvgIpc) is 2.28. The molecule has 0 spiro atoms. The third-order valence-corrected chi connectivity index (χ3v) is 2.79. The molecule has 1 unspecified atom stereocenters. The Morgan fingerprint density at radius 2 is 1.83 bits per heavy atom. The van der Waals surface area contributed by atoms with Crippen LogP contribution in [0.15, 0.2) is 11.6 Å². The fraction of sp³-hybridized carbons (Fsp3) is 0.800. The summed E-state index contributed by atoms with van der Waals surface area (Å²) in [5, 5.41) is 0. The van der Waals surface area contributed by atoms with Crippen LogP contribution in [0.1, 0.15) is 59.8 Å². The molecule has 1 atom stereocenters. The van der Waals surface area contributed by atoms with E-state index >= 15 is 0 Å². The fourth-order valence-corrected chi connectivity index (χ4v) is 1.74. The van der Waals surface area contributed by atoms with Crippen LogP contribution in [0.5, 0.6) is 0 Å². The van der Waals surface area contributed by atoms with E-state index in [2.05, 4.69) is 13.8 Å². The molecule has 0 rings (SSSR count). The Hall–Kier alpha value is -0.860. The Morgan fingerprint density at radius 1 is 1.22 bits per heavy atom. The number of esters is 1. The first-order valence-electron chi connectivity index (χ1n) is 6.97. The highest BCUT2D eigenvalue weighted by Gasteiger charge is 2.09. The Morgan fingerprint density at radius 3 is 2.39 bits per heavy atom. The van der Waals surface area contributed by atoms with Crippen LogP contribution in [0.2, 0.25) is 0 Å². The number of alkyl halides is 1. The Bertz CT molecular complexity index is 259. The first-order valence-corrected chi connectivity index (χ1v) is 6.97. The van der Waals surface area contributed by atoms with Crippen LogP contribution in [-0.2, 0) is 9.53 Å². The lowest BCUT2D eigenvalue weighted by molar-refractivity contribution is -0.138. The molecule has 0 bridgehead atoms. The molecule has 0 aromatic heterocycles. The zero-order valence-corrected chi connectivity index (χ0v) is 12.2. The molecule has 0 saturated heterocycles. The molecule has 0 amide bonds. The lowest BCUT2D eigenvalue weighted by Gasteiger charge is -2.07. The van der Waals surface area contributed by atoms with Crippen LogP contribution in [0.25, 0.3) is 0 Å². The maximum absolute atomic E-state index is 13.6. The average molecular weight is 258 g/mol. The Balaban J connectivity index is 3.78. The highest BCUT2D eigenvalue weighted by atomic mass is 19.1. The minimum atomic E-state index is -1.03. The van der Waals surface area contributed by atoms with Crippen molar-refractivity contribution in [1.82, 2.24) is 0 Å². The van der Waals surface area contributed by atoms with Gasteiger partial charge in [-0.1, -0.05) is 39.5 Å². The SMILES string of the molecule is CCOC(=O)/C(C)=C/C(F)CCCCCC(C)C. The van der Waals surface area contributed by atoms with Gasteiger partial charge in [0.1, 0.15) is 6.17 Å². The van der Waals surface area contributed by atoms with Crippen molar-refractivity contribution >= 4 is 5.97 Å². The van der Waals surface area contributed by atoms with E-state index in [0.29, 0.717) is 18.6 Å². The first kappa shape index (κ1) is 17.1. The molecular weight excluding hydrogens is 231 g/mol. The molecule has 0 aliphatic heterocycles. The van der Waals surface area contributed by atoms with Gasteiger partial charge in [-0.25, -0.2) is 9.18 Å². The molecule has 0 N–H and O–H groups in total. The van der Waals surface area contributed by atoms with Crippen molar-refractivity contribution in [3.05, 3.63) is 11.6 Å². The third-order valence-electron chi connectivity index (χ3n) is 2.79. The molecular formula is C15H27FO2. The summed E-state index contributed by atoms with van der Waals surface area (Å²) in [7, 11) is 0. The summed E-state index contributed by atoms with van der Waals surface area (Å²) in [4.78, 5) is 11.3. The number of hydrogen-bond acceptors (Lipinski definition) is 2. The van der Waals surface area contributed by atoms with Gasteiger partial charge in [-0.2, -0.15) is 0 Å². The molecule has 2 nitrogen and oxygen atoms in total. The number of carbonyl (C=O) groups excluding carboxylic acids is 1. The fourth-order valence-electron chi connectivity index (χ4n) is 1.74. The molecule has 0 aromatic rings. The first-order chi connectivity index (χ1) is 8.47. The van der Waals surface area contributed by atoms with Crippen LogP contribution >= 0.6 is 0 Å². The highest BCUT2D eigenvalue weighted by Crippen LogP contribution is 2.13. The van der Waals surface area contributed by atoms with Gasteiger partial charge < -0.3 is 4.74 Å². The van der Waals surface area contributed by atoms with Crippen molar-refractivity contribution in [2.45, 2.75) is 66.0 Å². The number of hydrogen-bond donors (Lipinski definition) is 0. The summed E-state index contributed by atoms with van der Waals surface area (Å²) in [6, 6.07) is 0. The van der Waals surface area contributed by atoms with Gasteiger partial charge in [-0.05, 0) is 32.3 Å². The molecule has 0 aliphatic rings. The second-order valence-corrected chi connectivity index (χ2v) is 5.12. The van der Waals surface area contributed by atoms with Gasteiger partial charge in [-0.3, -0.25) is 0 Å². The number of allylic oxidation sites excluding steroid dienone is 1. The van der Waals surface area contributed by atoms with E-state index in [1.165, 1.54) is 12.5 Å². The summed E-state index contributed by atoms with van der Waals surface area (Å²) < 4.78 is 18.4. The molecule has 0 fully saturated rings.